The van der Waals surface area contributed by atoms with Gasteiger partial charge < -0.3 is 20.3 Å². The summed E-state index contributed by atoms with van der Waals surface area (Å²) in [6.45, 7) is 0. The average Bonchev–Trinajstić information content (AvgIpc) is 2.91. The summed E-state index contributed by atoms with van der Waals surface area (Å²) in [5.74, 6) is -4.20. The Morgan fingerprint density at radius 3 is 2.31 bits per heavy atom. The van der Waals surface area contributed by atoms with Crippen LogP contribution in [0.15, 0.2) is 83.3 Å². The van der Waals surface area contributed by atoms with Crippen molar-refractivity contribution in [1.29, 1.82) is 5.26 Å². The van der Waals surface area contributed by atoms with Crippen LogP contribution in [-0.4, -0.2) is 42.2 Å². The Balaban J connectivity index is 2.13. The lowest BCUT2D eigenvalue weighted by atomic mass is 9.81. The lowest BCUT2D eigenvalue weighted by Crippen LogP contribution is -2.41. The zero-order chi connectivity index (χ0) is 26.0. The number of allylic oxidation sites excluding steroid dienone is 1. The molecule has 3 N–H and O–H groups in total. The summed E-state index contributed by atoms with van der Waals surface area (Å²) in [5.41, 5.74) is 6.71. The molecule has 2 heterocycles. The monoisotopic (exact) mass is 484 g/mol. The first-order valence-electron chi connectivity index (χ1n) is 10.6. The van der Waals surface area contributed by atoms with E-state index in [-0.39, 0.29) is 39.6 Å². The third-order valence-corrected chi connectivity index (χ3v) is 5.77. The van der Waals surface area contributed by atoms with Crippen molar-refractivity contribution in [1.82, 2.24) is 4.98 Å². The van der Waals surface area contributed by atoms with E-state index in [1.807, 2.05) is 0 Å². The van der Waals surface area contributed by atoms with Gasteiger partial charge >= 0.3 is 17.9 Å². The number of hydrogen-bond donors (Lipinski definition) is 2. The number of aromatic nitrogens is 1. The van der Waals surface area contributed by atoms with Gasteiger partial charge in [-0.25, -0.2) is 19.4 Å². The predicted octanol–water partition coefficient (Wildman–Crippen LogP) is 2.83. The van der Waals surface area contributed by atoms with E-state index in [9.17, 15) is 24.8 Å². The number of nitrogens with zero attached hydrogens (tertiary/aromatic N) is 3. The van der Waals surface area contributed by atoms with Crippen LogP contribution in [0.4, 0.5) is 5.69 Å². The Morgan fingerprint density at radius 1 is 1.00 bits per heavy atom. The van der Waals surface area contributed by atoms with Gasteiger partial charge in [-0.2, -0.15) is 5.26 Å². The number of hydrogen-bond acceptors (Lipinski definition) is 9. The maximum atomic E-state index is 13.2. The molecule has 10 heteroatoms. The summed E-state index contributed by atoms with van der Waals surface area (Å²) in [6.07, 6.45) is 0. The number of rotatable bonds is 5. The van der Waals surface area contributed by atoms with E-state index in [1.54, 1.807) is 54.6 Å². The second kappa shape index (κ2) is 9.60. The van der Waals surface area contributed by atoms with Crippen LogP contribution in [0.1, 0.15) is 22.0 Å². The number of pyridine rings is 1. The van der Waals surface area contributed by atoms with Crippen molar-refractivity contribution >= 4 is 34.5 Å². The molecule has 10 nitrogen and oxygen atoms in total. The highest BCUT2D eigenvalue weighted by molar-refractivity contribution is 6.08. The molecule has 0 amide bonds. The molecule has 1 aliphatic heterocycles. The van der Waals surface area contributed by atoms with Crippen LogP contribution >= 0.6 is 0 Å². The van der Waals surface area contributed by atoms with Gasteiger partial charge in [0.2, 0.25) is 0 Å². The Bertz CT molecular complexity index is 1500. The van der Waals surface area contributed by atoms with Crippen molar-refractivity contribution in [2.75, 3.05) is 19.1 Å². The van der Waals surface area contributed by atoms with Crippen LogP contribution in [0, 0.1) is 11.3 Å². The zero-order valence-corrected chi connectivity index (χ0v) is 19.3. The average molecular weight is 484 g/mol. The first kappa shape index (κ1) is 24.0. The quantitative estimate of drug-likeness (QED) is 0.516. The van der Waals surface area contributed by atoms with E-state index >= 15 is 0 Å². The molecule has 36 heavy (non-hydrogen) atoms. The zero-order valence-electron chi connectivity index (χ0n) is 19.3. The summed E-state index contributed by atoms with van der Waals surface area (Å²) in [4.78, 5) is 43.4. The van der Waals surface area contributed by atoms with Gasteiger partial charge in [-0.3, -0.25) is 4.90 Å². The standard InChI is InChI=1S/C26H20N4O6/c1-35-25(33)20-19(14-7-4-3-5-8-14)16(13-27)23(28)30(22(20)26(34)36-2)18-10-6-9-15-11-12-17(24(31)32)29-21(15)18/h3-12,19H,28H2,1-2H3,(H,31,32). The van der Waals surface area contributed by atoms with Gasteiger partial charge in [0.15, 0.2) is 0 Å². The van der Waals surface area contributed by atoms with Crippen LogP contribution in [0.2, 0.25) is 0 Å². The van der Waals surface area contributed by atoms with E-state index in [0.29, 0.717) is 10.9 Å². The van der Waals surface area contributed by atoms with E-state index < -0.39 is 23.8 Å². The van der Waals surface area contributed by atoms with E-state index in [0.717, 1.165) is 14.2 Å². The molecule has 0 aliphatic carbocycles. The molecule has 1 unspecified atom stereocenters. The van der Waals surface area contributed by atoms with Crippen LogP contribution in [0.3, 0.4) is 0 Å². The number of carbonyl (C=O) groups excluding carboxylic acids is 2. The minimum atomic E-state index is -1.25. The molecule has 0 spiro atoms. The van der Waals surface area contributed by atoms with E-state index in [2.05, 4.69) is 11.1 Å². The second-order valence-electron chi connectivity index (χ2n) is 7.69. The van der Waals surface area contributed by atoms with E-state index in [1.165, 1.54) is 11.0 Å². The largest absolute Gasteiger partial charge is 0.477 e. The number of para-hydroxylation sites is 1. The molecule has 0 radical (unpaired) electrons. The van der Waals surface area contributed by atoms with Crippen molar-refractivity contribution in [3.05, 3.63) is 94.6 Å². The molecule has 0 saturated carbocycles. The number of carboxylic acid groups (broad SMARTS) is 1. The van der Waals surface area contributed by atoms with Gasteiger partial charge in [0.05, 0.1) is 48.6 Å². The molecular formula is C26H20N4O6. The second-order valence-corrected chi connectivity index (χ2v) is 7.69. The molecule has 2 aromatic carbocycles. The summed E-state index contributed by atoms with van der Waals surface area (Å²) < 4.78 is 10.0. The van der Waals surface area contributed by atoms with Crippen molar-refractivity contribution in [3.8, 4) is 6.07 Å². The molecular weight excluding hydrogens is 464 g/mol. The summed E-state index contributed by atoms with van der Waals surface area (Å²) in [6, 6.07) is 18.5. The lowest BCUT2D eigenvalue weighted by molar-refractivity contribution is -0.139. The summed E-state index contributed by atoms with van der Waals surface area (Å²) in [7, 11) is 2.30. The predicted molar refractivity (Wildman–Crippen MR) is 128 cm³/mol. The Kier molecular flexibility index (Phi) is 6.39. The van der Waals surface area contributed by atoms with Crippen molar-refractivity contribution in [3.63, 3.8) is 0 Å². The molecule has 1 atom stereocenters. The number of carboxylic acids is 1. The van der Waals surface area contributed by atoms with Crippen LogP contribution < -0.4 is 10.6 Å². The number of fused-ring (bicyclic) bond motifs is 1. The molecule has 180 valence electrons. The molecule has 0 fully saturated rings. The Hall–Kier alpha value is -5.17. The maximum absolute atomic E-state index is 13.2. The highest BCUT2D eigenvalue weighted by atomic mass is 16.5. The van der Waals surface area contributed by atoms with E-state index in [4.69, 9.17) is 15.2 Å². The lowest BCUT2D eigenvalue weighted by Gasteiger charge is -2.36. The minimum Gasteiger partial charge on any atom is -0.477 e. The number of nitriles is 1. The van der Waals surface area contributed by atoms with Crippen molar-refractivity contribution in [2.45, 2.75) is 5.92 Å². The van der Waals surface area contributed by atoms with Crippen LogP contribution in [-0.2, 0) is 19.1 Å². The fraction of sp³-hybridized carbons (Fsp3) is 0.115. The number of nitrogens with two attached hydrogens (primary N) is 1. The van der Waals surface area contributed by atoms with Crippen molar-refractivity contribution in [2.24, 2.45) is 5.73 Å². The number of methoxy groups -OCH3 is 2. The maximum Gasteiger partial charge on any atom is 0.355 e. The number of ether oxygens (including phenoxy) is 2. The molecule has 0 saturated heterocycles. The minimum absolute atomic E-state index is 0.0133. The van der Waals surface area contributed by atoms with Gasteiger partial charge in [-0.15, -0.1) is 0 Å². The third-order valence-electron chi connectivity index (χ3n) is 5.77. The molecule has 4 rings (SSSR count). The fourth-order valence-electron chi connectivity index (χ4n) is 4.19. The number of aromatic carboxylic acids is 1. The normalized spacial score (nSPS) is 15.5. The first-order chi connectivity index (χ1) is 17.3. The van der Waals surface area contributed by atoms with Gasteiger partial charge in [-0.05, 0) is 17.7 Å². The molecule has 0 bridgehead atoms. The topological polar surface area (TPSA) is 156 Å². The number of anilines is 1. The first-order valence-corrected chi connectivity index (χ1v) is 10.6. The highest BCUT2D eigenvalue weighted by Gasteiger charge is 2.43. The Morgan fingerprint density at radius 2 is 1.69 bits per heavy atom. The third kappa shape index (κ3) is 3.88. The van der Waals surface area contributed by atoms with Gasteiger partial charge in [0.25, 0.3) is 0 Å². The number of carbonyl (C=O) groups is 3. The number of benzene rings is 2. The number of esters is 2. The summed E-state index contributed by atoms with van der Waals surface area (Å²) in [5, 5.41) is 20.1. The molecule has 1 aromatic heterocycles. The smallest absolute Gasteiger partial charge is 0.355 e. The molecule has 3 aromatic rings. The summed E-state index contributed by atoms with van der Waals surface area (Å²) >= 11 is 0. The van der Waals surface area contributed by atoms with Crippen LogP contribution in [0.25, 0.3) is 10.9 Å². The molecule has 1 aliphatic rings. The van der Waals surface area contributed by atoms with Gasteiger partial charge in [0, 0.05) is 5.39 Å². The Labute approximate surface area is 205 Å². The fourth-order valence-corrected chi connectivity index (χ4v) is 4.19. The van der Waals surface area contributed by atoms with Crippen molar-refractivity contribution < 1.29 is 29.0 Å². The van der Waals surface area contributed by atoms with Gasteiger partial charge in [-0.1, -0.05) is 48.5 Å². The van der Waals surface area contributed by atoms with Crippen LogP contribution in [0.5, 0.6) is 0 Å². The SMILES string of the molecule is COC(=O)C1=C(C(=O)OC)N(c2cccc3ccc(C(=O)O)nc23)C(N)=C(C#N)C1c1ccccc1. The van der Waals surface area contributed by atoms with Gasteiger partial charge in [0.1, 0.15) is 17.2 Å². The highest BCUT2D eigenvalue weighted by Crippen LogP contribution is 2.44.